The second-order valence-electron chi connectivity index (χ2n) is 6.78. The Labute approximate surface area is 164 Å². The number of aryl methyl sites for hydroxylation is 1. The quantitative estimate of drug-likeness (QED) is 0.757. The fourth-order valence-electron chi connectivity index (χ4n) is 3.10. The first-order chi connectivity index (χ1) is 13.7. The highest BCUT2D eigenvalue weighted by Gasteiger charge is 2.13. The molecule has 6 nitrogen and oxygen atoms in total. The van der Waals surface area contributed by atoms with E-state index in [1.165, 1.54) is 0 Å². The van der Waals surface area contributed by atoms with Gasteiger partial charge >= 0.3 is 0 Å². The van der Waals surface area contributed by atoms with E-state index in [2.05, 4.69) is 20.4 Å². The maximum atomic E-state index is 12.6. The molecule has 142 valence electrons. The van der Waals surface area contributed by atoms with Crippen molar-refractivity contribution in [1.29, 1.82) is 0 Å². The summed E-state index contributed by atoms with van der Waals surface area (Å²) < 4.78 is 5.37. The largest absolute Gasteiger partial charge is 0.378 e. The minimum absolute atomic E-state index is 0.149. The number of benzene rings is 2. The molecule has 4 rings (SSSR count). The number of ether oxygens (including phenoxy) is 1. The summed E-state index contributed by atoms with van der Waals surface area (Å²) >= 11 is 0. The number of anilines is 2. The molecule has 6 heteroatoms. The third kappa shape index (κ3) is 4.18. The molecule has 0 radical (unpaired) electrons. The normalized spacial score (nSPS) is 14.0. The van der Waals surface area contributed by atoms with Crippen LogP contribution in [-0.2, 0) is 4.74 Å². The highest BCUT2D eigenvalue weighted by molar-refractivity contribution is 6.04. The Morgan fingerprint density at radius 2 is 1.79 bits per heavy atom. The molecule has 1 aromatic heterocycles. The van der Waals surface area contributed by atoms with Crippen LogP contribution in [0.25, 0.3) is 11.3 Å². The van der Waals surface area contributed by atoms with Gasteiger partial charge in [-0.3, -0.25) is 4.79 Å². The molecule has 28 heavy (non-hydrogen) atoms. The highest BCUT2D eigenvalue weighted by Crippen LogP contribution is 2.21. The Morgan fingerprint density at radius 3 is 2.50 bits per heavy atom. The third-order valence-electron chi connectivity index (χ3n) is 4.72. The Morgan fingerprint density at radius 1 is 1.00 bits per heavy atom. The molecule has 2 heterocycles. The molecule has 1 fully saturated rings. The molecule has 0 atom stereocenters. The number of nitrogens with one attached hydrogen (secondary N) is 1. The predicted octanol–water partition coefficient (Wildman–Crippen LogP) is 3.54. The van der Waals surface area contributed by atoms with Crippen LogP contribution >= 0.6 is 0 Å². The van der Waals surface area contributed by atoms with Crippen molar-refractivity contribution in [1.82, 2.24) is 10.2 Å². The molecule has 1 aliphatic rings. The summed E-state index contributed by atoms with van der Waals surface area (Å²) in [5.74, 6) is 0.698. The van der Waals surface area contributed by atoms with Gasteiger partial charge in [0.1, 0.15) is 0 Å². The van der Waals surface area contributed by atoms with E-state index in [0.717, 1.165) is 41.4 Å². The van der Waals surface area contributed by atoms with Crippen molar-refractivity contribution in [3.8, 4) is 11.3 Å². The number of carbonyl (C=O) groups is 1. The maximum Gasteiger partial charge on any atom is 0.255 e. The standard InChI is InChI=1S/C22H22N4O2/c1-16-5-7-19(8-6-16)23-22(27)18-4-2-3-17(15-18)20-9-10-21(25-24-20)26-11-13-28-14-12-26/h2-10,15H,11-14H2,1H3,(H,23,27). The summed E-state index contributed by atoms with van der Waals surface area (Å²) in [6.07, 6.45) is 0. The lowest BCUT2D eigenvalue weighted by molar-refractivity contribution is 0.102. The first-order valence-electron chi connectivity index (χ1n) is 9.34. The number of hydrogen-bond acceptors (Lipinski definition) is 5. The van der Waals surface area contributed by atoms with Crippen molar-refractivity contribution in [2.24, 2.45) is 0 Å². The van der Waals surface area contributed by atoms with Gasteiger partial charge in [-0.2, -0.15) is 0 Å². The van der Waals surface area contributed by atoms with Crippen molar-refractivity contribution in [2.75, 3.05) is 36.5 Å². The molecule has 0 aliphatic carbocycles. The molecule has 1 amide bonds. The van der Waals surface area contributed by atoms with Gasteiger partial charge in [-0.25, -0.2) is 0 Å². The van der Waals surface area contributed by atoms with Crippen LogP contribution < -0.4 is 10.2 Å². The molecule has 0 bridgehead atoms. The van der Waals surface area contributed by atoms with E-state index < -0.39 is 0 Å². The van der Waals surface area contributed by atoms with Crippen LogP contribution in [0.5, 0.6) is 0 Å². The Kier molecular flexibility index (Phi) is 5.30. The second kappa shape index (κ2) is 8.19. The smallest absolute Gasteiger partial charge is 0.255 e. The van der Waals surface area contributed by atoms with Gasteiger partial charge in [-0.15, -0.1) is 10.2 Å². The average molecular weight is 374 g/mol. The van der Waals surface area contributed by atoms with Crippen molar-refractivity contribution >= 4 is 17.4 Å². The summed E-state index contributed by atoms with van der Waals surface area (Å²) in [7, 11) is 0. The van der Waals surface area contributed by atoms with Crippen LogP contribution in [0.15, 0.2) is 60.7 Å². The summed E-state index contributed by atoms with van der Waals surface area (Å²) in [4.78, 5) is 14.7. The molecule has 1 aliphatic heterocycles. The first-order valence-corrected chi connectivity index (χ1v) is 9.34. The van der Waals surface area contributed by atoms with Crippen molar-refractivity contribution in [3.63, 3.8) is 0 Å². The number of aromatic nitrogens is 2. The SMILES string of the molecule is Cc1ccc(NC(=O)c2cccc(-c3ccc(N4CCOCC4)nn3)c2)cc1. The van der Waals surface area contributed by atoms with Gasteiger partial charge in [-0.05, 0) is 43.3 Å². The Hall–Kier alpha value is -3.25. The van der Waals surface area contributed by atoms with Gasteiger partial charge in [-0.1, -0.05) is 29.8 Å². The van der Waals surface area contributed by atoms with Gasteiger partial charge in [0.25, 0.3) is 5.91 Å². The number of carbonyl (C=O) groups excluding carboxylic acids is 1. The molecular weight excluding hydrogens is 352 g/mol. The van der Waals surface area contributed by atoms with Crippen LogP contribution in [0.4, 0.5) is 11.5 Å². The second-order valence-corrected chi connectivity index (χ2v) is 6.78. The molecular formula is C22H22N4O2. The first kappa shape index (κ1) is 18.1. The molecule has 1 saturated heterocycles. The van der Waals surface area contributed by atoms with Gasteiger partial charge in [0.05, 0.1) is 18.9 Å². The van der Waals surface area contributed by atoms with Gasteiger partial charge in [0.2, 0.25) is 0 Å². The minimum Gasteiger partial charge on any atom is -0.378 e. The van der Waals surface area contributed by atoms with Crippen molar-refractivity contribution in [2.45, 2.75) is 6.92 Å². The molecule has 0 saturated carbocycles. The highest BCUT2D eigenvalue weighted by atomic mass is 16.5. The fraction of sp³-hybridized carbons (Fsp3) is 0.227. The molecule has 3 aromatic rings. The maximum absolute atomic E-state index is 12.6. The Balaban J connectivity index is 1.49. The number of hydrogen-bond donors (Lipinski definition) is 1. The lowest BCUT2D eigenvalue weighted by Gasteiger charge is -2.27. The fourth-order valence-corrected chi connectivity index (χ4v) is 3.10. The van der Waals surface area contributed by atoms with E-state index in [-0.39, 0.29) is 5.91 Å². The number of nitrogens with zero attached hydrogens (tertiary/aromatic N) is 3. The average Bonchev–Trinajstić information content (AvgIpc) is 2.76. The van der Waals surface area contributed by atoms with E-state index in [4.69, 9.17) is 4.74 Å². The van der Waals surface area contributed by atoms with E-state index in [1.807, 2.05) is 61.5 Å². The number of morpholine rings is 1. The van der Waals surface area contributed by atoms with E-state index in [1.54, 1.807) is 6.07 Å². The zero-order chi connectivity index (χ0) is 19.3. The minimum atomic E-state index is -0.149. The lowest BCUT2D eigenvalue weighted by atomic mass is 10.1. The summed E-state index contributed by atoms with van der Waals surface area (Å²) in [6, 6.07) is 19.1. The van der Waals surface area contributed by atoms with Crippen molar-refractivity contribution < 1.29 is 9.53 Å². The molecule has 1 N–H and O–H groups in total. The van der Waals surface area contributed by atoms with Crippen molar-refractivity contribution in [3.05, 3.63) is 71.8 Å². The monoisotopic (exact) mass is 374 g/mol. The zero-order valence-corrected chi connectivity index (χ0v) is 15.8. The Bertz CT molecular complexity index is 949. The van der Waals surface area contributed by atoms with Crippen LogP contribution in [0.1, 0.15) is 15.9 Å². The zero-order valence-electron chi connectivity index (χ0n) is 15.8. The van der Waals surface area contributed by atoms with E-state index in [0.29, 0.717) is 18.8 Å². The van der Waals surface area contributed by atoms with Crippen LogP contribution in [-0.4, -0.2) is 42.4 Å². The van der Waals surface area contributed by atoms with E-state index in [9.17, 15) is 4.79 Å². The summed E-state index contributed by atoms with van der Waals surface area (Å²) in [6.45, 7) is 5.08. The molecule has 0 spiro atoms. The number of rotatable bonds is 4. The van der Waals surface area contributed by atoms with Crippen LogP contribution in [0.2, 0.25) is 0 Å². The third-order valence-corrected chi connectivity index (χ3v) is 4.72. The van der Waals surface area contributed by atoms with Crippen LogP contribution in [0.3, 0.4) is 0 Å². The molecule has 0 unspecified atom stereocenters. The van der Waals surface area contributed by atoms with Crippen LogP contribution in [0, 0.1) is 6.92 Å². The summed E-state index contributed by atoms with van der Waals surface area (Å²) in [5.41, 5.74) is 4.10. The summed E-state index contributed by atoms with van der Waals surface area (Å²) in [5, 5.41) is 11.6. The predicted molar refractivity (Wildman–Crippen MR) is 110 cm³/mol. The van der Waals surface area contributed by atoms with Gasteiger partial charge in [0, 0.05) is 29.9 Å². The van der Waals surface area contributed by atoms with E-state index >= 15 is 0 Å². The lowest BCUT2D eigenvalue weighted by Crippen LogP contribution is -2.36. The molecule has 2 aromatic carbocycles. The van der Waals surface area contributed by atoms with Gasteiger partial charge in [0.15, 0.2) is 5.82 Å². The topological polar surface area (TPSA) is 67.4 Å². The number of amides is 1. The van der Waals surface area contributed by atoms with Gasteiger partial charge < -0.3 is 15.0 Å².